The van der Waals surface area contributed by atoms with Crippen molar-refractivity contribution in [1.82, 2.24) is 4.98 Å². The van der Waals surface area contributed by atoms with E-state index in [-0.39, 0.29) is 16.7 Å². The average Bonchev–Trinajstić information content (AvgIpc) is 2.09. The van der Waals surface area contributed by atoms with Gasteiger partial charge >= 0.3 is 10.1 Å². The molecule has 13 heavy (non-hydrogen) atoms. The fourth-order valence-corrected chi connectivity index (χ4v) is 1.36. The van der Waals surface area contributed by atoms with Crippen LogP contribution in [0.5, 0.6) is 5.75 Å². The number of halogens is 1. The highest BCUT2D eigenvalue weighted by molar-refractivity contribution is 7.87. The Kier molecular flexibility index (Phi) is 3.11. The van der Waals surface area contributed by atoms with Gasteiger partial charge in [0, 0.05) is 6.20 Å². The molecule has 0 aromatic carbocycles. The zero-order valence-corrected chi connectivity index (χ0v) is 8.47. The van der Waals surface area contributed by atoms with Crippen molar-refractivity contribution >= 4 is 21.7 Å². The number of rotatable bonds is 3. The summed E-state index contributed by atoms with van der Waals surface area (Å²) in [5.74, 6) is -0.0379. The molecular formula is C7H8ClNO3S. The molecule has 0 aliphatic heterocycles. The van der Waals surface area contributed by atoms with Crippen LogP contribution in [-0.4, -0.2) is 19.2 Å². The summed E-state index contributed by atoms with van der Waals surface area (Å²) in [6.45, 7) is 1.49. The van der Waals surface area contributed by atoms with Crippen molar-refractivity contribution in [1.29, 1.82) is 0 Å². The molecule has 0 radical (unpaired) electrons. The summed E-state index contributed by atoms with van der Waals surface area (Å²) in [5, 5.41) is 0.0412. The molecular weight excluding hydrogens is 214 g/mol. The smallest absolute Gasteiger partial charge is 0.309 e. The maximum atomic E-state index is 11.0. The van der Waals surface area contributed by atoms with Crippen LogP contribution < -0.4 is 4.18 Å². The molecule has 4 nitrogen and oxygen atoms in total. The zero-order valence-electron chi connectivity index (χ0n) is 6.90. The van der Waals surface area contributed by atoms with Gasteiger partial charge in [-0.3, -0.25) is 0 Å². The third kappa shape index (κ3) is 2.86. The molecule has 0 aliphatic rings. The molecule has 0 unspecified atom stereocenters. The maximum absolute atomic E-state index is 11.0. The molecule has 1 aromatic heterocycles. The van der Waals surface area contributed by atoms with E-state index in [1.165, 1.54) is 19.2 Å². The van der Waals surface area contributed by atoms with E-state index in [4.69, 9.17) is 11.6 Å². The van der Waals surface area contributed by atoms with Gasteiger partial charge in [-0.1, -0.05) is 11.6 Å². The van der Waals surface area contributed by atoms with Crippen molar-refractivity contribution in [2.75, 3.05) is 5.75 Å². The van der Waals surface area contributed by atoms with E-state index in [9.17, 15) is 8.42 Å². The van der Waals surface area contributed by atoms with Crippen LogP contribution >= 0.6 is 11.6 Å². The minimum Gasteiger partial charge on any atom is -0.379 e. The fraction of sp³-hybridized carbons (Fsp3) is 0.286. The molecule has 1 heterocycles. The van der Waals surface area contributed by atoms with E-state index in [0.717, 1.165) is 0 Å². The lowest BCUT2D eigenvalue weighted by Crippen LogP contribution is -2.11. The van der Waals surface area contributed by atoms with Gasteiger partial charge in [0.25, 0.3) is 0 Å². The molecule has 0 atom stereocenters. The first-order chi connectivity index (χ1) is 6.05. The maximum Gasteiger partial charge on any atom is 0.309 e. The second-order valence-corrected chi connectivity index (χ2v) is 4.44. The van der Waals surface area contributed by atoms with Crippen LogP contribution in [0.3, 0.4) is 0 Å². The highest BCUT2D eigenvalue weighted by Crippen LogP contribution is 2.21. The van der Waals surface area contributed by atoms with E-state index in [1.54, 1.807) is 6.07 Å². The average molecular weight is 222 g/mol. The summed E-state index contributed by atoms with van der Waals surface area (Å²) in [7, 11) is -3.52. The molecule has 0 bridgehead atoms. The summed E-state index contributed by atoms with van der Waals surface area (Å²) < 4.78 is 26.7. The Morgan fingerprint density at radius 3 is 2.85 bits per heavy atom. The molecule has 0 aliphatic carbocycles. The summed E-state index contributed by atoms with van der Waals surface area (Å²) in [5.41, 5.74) is 0. The standard InChI is InChI=1S/C7H8ClNO3S/c1-2-13(10,11)12-6-4-3-5-9-7(6)8/h3-5H,2H2,1H3. The highest BCUT2D eigenvalue weighted by Gasteiger charge is 2.11. The molecule has 0 saturated heterocycles. The quantitative estimate of drug-likeness (QED) is 0.573. The summed E-state index contributed by atoms with van der Waals surface area (Å²) in [6.07, 6.45) is 1.45. The first-order valence-corrected chi connectivity index (χ1v) is 5.53. The molecule has 1 rings (SSSR count). The normalized spacial score (nSPS) is 11.2. The second-order valence-electron chi connectivity index (χ2n) is 2.22. The van der Waals surface area contributed by atoms with Crippen molar-refractivity contribution in [3.05, 3.63) is 23.5 Å². The van der Waals surface area contributed by atoms with E-state index in [0.29, 0.717) is 0 Å². The van der Waals surface area contributed by atoms with Crippen LogP contribution in [0.15, 0.2) is 18.3 Å². The highest BCUT2D eigenvalue weighted by atomic mass is 35.5. The molecule has 0 fully saturated rings. The number of hydrogen-bond acceptors (Lipinski definition) is 4. The second kappa shape index (κ2) is 3.93. The van der Waals surface area contributed by atoms with Crippen LogP contribution in [-0.2, 0) is 10.1 Å². The minimum atomic E-state index is -3.52. The summed E-state index contributed by atoms with van der Waals surface area (Å²) in [4.78, 5) is 3.67. The molecule has 0 N–H and O–H groups in total. The lowest BCUT2D eigenvalue weighted by atomic mass is 10.5. The largest absolute Gasteiger partial charge is 0.379 e. The van der Waals surface area contributed by atoms with Crippen LogP contribution in [0.4, 0.5) is 0 Å². The predicted molar refractivity (Wildman–Crippen MR) is 49.3 cm³/mol. The lowest BCUT2D eigenvalue weighted by molar-refractivity contribution is 0.486. The van der Waals surface area contributed by atoms with Gasteiger partial charge < -0.3 is 4.18 Å². The van der Waals surface area contributed by atoms with E-state index < -0.39 is 10.1 Å². The number of aromatic nitrogens is 1. The Hall–Kier alpha value is -0.810. The van der Waals surface area contributed by atoms with Crippen LogP contribution in [0, 0.1) is 0 Å². The van der Waals surface area contributed by atoms with Gasteiger partial charge in [-0.15, -0.1) is 0 Å². The number of hydrogen-bond donors (Lipinski definition) is 0. The van der Waals surface area contributed by atoms with Gasteiger partial charge in [0.1, 0.15) is 0 Å². The SMILES string of the molecule is CCS(=O)(=O)Oc1cccnc1Cl. The van der Waals surface area contributed by atoms with Gasteiger partial charge in [0.05, 0.1) is 5.75 Å². The molecule has 6 heteroatoms. The van der Waals surface area contributed by atoms with Gasteiger partial charge in [-0.2, -0.15) is 8.42 Å². The third-order valence-electron chi connectivity index (χ3n) is 1.30. The summed E-state index contributed by atoms with van der Waals surface area (Å²) in [6, 6.07) is 2.99. The Morgan fingerprint density at radius 2 is 2.31 bits per heavy atom. The topological polar surface area (TPSA) is 56.3 Å². The van der Waals surface area contributed by atoms with Gasteiger partial charge in [-0.05, 0) is 19.1 Å². The van der Waals surface area contributed by atoms with Crippen LogP contribution in [0.1, 0.15) is 6.92 Å². The first-order valence-electron chi connectivity index (χ1n) is 3.58. The fourth-order valence-electron chi connectivity index (χ4n) is 0.629. The molecule has 1 aromatic rings. The molecule has 0 amide bonds. The Balaban J connectivity index is 2.93. The van der Waals surface area contributed by atoms with Crippen molar-refractivity contribution in [2.45, 2.75) is 6.92 Å². The number of nitrogens with zero attached hydrogens (tertiary/aromatic N) is 1. The van der Waals surface area contributed by atoms with Crippen LogP contribution in [0.25, 0.3) is 0 Å². The van der Waals surface area contributed by atoms with Crippen molar-refractivity contribution in [3.63, 3.8) is 0 Å². The monoisotopic (exact) mass is 221 g/mol. The molecule has 0 spiro atoms. The Morgan fingerprint density at radius 1 is 1.62 bits per heavy atom. The number of pyridine rings is 1. The van der Waals surface area contributed by atoms with E-state index in [1.807, 2.05) is 0 Å². The van der Waals surface area contributed by atoms with E-state index >= 15 is 0 Å². The van der Waals surface area contributed by atoms with E-state index in [2.05, 4.69) is 9.17 Å². The van der Waals surface area contributed by atoms with Gasteiger partial charge in [-0.25, -0.2) is 4.98 Å². The van der Waals surface area contributed by atoms with Gasteiger partial charge in [0.2, 0.25) is 0 Å². The predicted octanol–water partition coefficient (Wildman–Crippen LogP) is 1.46. The third-order valence-corrected chi connectivity index (χ3v) is 2.72. The Labute approximate surface area is 81.6 Å². The van der Waals surface area contributed by atoms with Crippen molar-refractivity contribution in [3.8, 4) is 5.75 Å². The molecule has 72 valence electrons. The Bertz CT molecular complexity index is 390. The minimum absolute atomic E-state index is 0.0412. The lowest BCUT2D eigenvalue weighted by Gasteiger charge is -2.04. The molecule has 0 saturated carbocycles. The van der Waals surface area contributed by atoms with Gasteiger partial charge in [0.15, 0.2) is 10.9 Å². The van der Waals surface area contributed by atoms with Crippen LogP contribution in [0.2, 0.25) is 5.15 Å². The van der Waals surface area contributed by atoms with Crippen molar-refractivity contribution in [2.24, 2.45) is 0 Å². The first kappa shape index (κ1) is 10.3. The summed E-state index contributed by atoms with van der Waals surface area (Å²) >= 11 is 5.59. The zero-order chi connectivity index (χ0) is 9.90. The van der Waals surface area contributed by atoms with Crippen molar-refractivity contribution < 1.29 is 12.6 Å².